The van der Waals surface area contributed by atoms with Gasteiger partial charge in [-0.05, 0) is 27.1 Å². The van der Waals surface area contributed by atoms with Gasteiger partial charge in [0.05, 0.1) is 5.69 Å². The van der Waals surface area contributed by atoms with Gasteiger partial charge in [0.1, 0.15) is 0 Å². The largest absolute Gasteiger partial charge is 0.353 e. The van der Waals surface area contributed by atoms with Gasteiger partial charge in [-0.3, -0.25) is 4.40 Å². The Morgan fingerprint density at radius 1 is 1.50 bits per heavy atom. The Morgan fingerprint density at radius 2 is 2.35 bits per heavy atom. The Balaban J connectivity index is 1.88. The number of anilines is 1. The zero-order chi connectivity index (χ0) is 14.1. The summed E-state index contributed by atoms with van der Waals surface area (Å²) in [6, 6.07) is 0.640. The van der Waals surface area contributed by atoms with Crippen LogP contribution in [0, 0.1) is 0 Å². The van der Waals surface area contributed by atoms with Crippen molar-refractivity contribution in [1.82, 2.24) is 19.6 Å². The third kappa shape index (κ3) is 2.43. The van der Waals surface area contributed by atoms with Crippen molar-refractivity contribution in [3.8, 4) is 0 Å². The molecule has 2 aromatic heterocycles. The van der Waals surface area contributed by atoms with Crippen LogP contribution in [0.15, 0.2) is 11.6 Å². The number of likely N-dealkylation sites (N-methyl/N-ethyl adjacent to an activating group) is 1. The molecule has 1 saturated heterocycles. The first-order chi connectivity index (χ1) is 9.70. The maximum Gasteiger partial charge on any atom is 0.195 e. The standard InChI is InChI=1S/C14H23N5S/c1-4-15-9-12-13(16-14-19(12)7-8-20-14)18-6-5-11(10-18)17(2)3/h7-8,11,15H,4-6,9-10H2,1-3H3. The molecule has 0 saturated carbocycles. The number of imidazole rings is 1. The lowest BCUT2D eigenvalue weighted by molar-refractivity contribution is 0.315. The highest BCUT2D eigenvalue weighted by atomic mass is 32.1. The molecule has 0 amide bonds. The minimum Gasteiger partial charge on any atom is -0.353 e. The number of thiazole rings is 1. The Morgan fingerprint density at radius 3 is 3.05 bits per heavy atom. The van der Waals surface area contributed by atoms with Crippen molar-refractivity contribution in [2.45, 2.75) is 25.9 Å². The maximum atomic E-state index is 4.85. The van der Waals surface area contributed by atoms with Crippen LogP contribution >= 0.6 is 11.3 Å². The Hall–Kier alpha value is -1.11. The van der Waals surface area contributed by atoms with E-state index in [1.54, 1.807) is 11.3 Å². The number of fused-ring (bicyclic) bond motifs is 1. The van der Waals surface area contributed by atoms with Crippen LogP contribution in [-0.4, -0.2) is 54.1 Å². The molecule has 20 heavy (non-hydrogen) atoms. The van der Waals surface area contributed by atoms with Crippen molar-refractivity contribution in [2.24, 2.45) is 0 Å². The molecule has 0 aromatic carbocycles. The molecule has 1 aliphatic heterocycles. The Labute approximate surface area is 124 Å². The minimum atomic E-state index is 0.640. The Kier molecular flexibility index (Phi) is 3.96. The van der Waals surface area contributed by atoms with E-state index < -0.39 is 0 Å². The highest BCUT2D eigenvalue weighted by molar-refractivity contribution is 7.15. The van der Waals surface area contributed by atoms with Crippen LogP contribution in [-0.2, 0) is 6.54 Å². The van der Waals surface area contributed by atoms with Gasteiger partial charge in [0.2, 0.25) is 0 Å². The van der Waals surface area contributed by atoms with Crippen LogP contribution in [0.25, 0.3) is 4.96 Å². The highest BCUT2D eigenvalue weighted by Gasteiger charge is 2.28. The third-order valence-corrected chi connectivity index (χ3v) is 4.83. The zero-order valence-electron chi connectivity index (χ0n) is 12.5. The second kappa shape index (κ2) is 5.71. The van der Waals surface area contributed by atoms with E-state index in [2.05, 4.69) is 52.1 Å². The van der Waals surface area contributed by atoms with Crippen LogP contribution in [0.3, 0.4) is 0 Å². The molecule has 1 aliphatic rings. The first-order valence-electron chi connectivity index (χ1n) is 7.27. The van der Waals surface area contributed by atoms with E-state index in [-0.39, 0.29) is 0 Å². The van der Waals surface area contributed by atoms with Gasteiger partial charge in [-0.25, -0.2) is 4.98 Å². The summed E-state index contributed by atoms with van der Waals surface area (Å²) < 4.78 is 2.23. The summed E-state index contributed by atoms with van der Waals surface area (Å²) in [5, 5.41) is 5.54. The molecule has 0 aliphatic carbocycles. The quantitative estimate of drug-likeness (QED) is 0.909. The molecule has 3 rings (SSSR count). The van der Waals surface area contributed by atoms with Crippen LogP contribution in [0.2, 0.25) is 0 Å². The van der Waals surface area contributed by atoms with Crippen molar-refractivity contribution in [2.75, 3.05) is 38.6 Å². The van der Waals surface area contributed by atoms with E-state index in [0.717, 1.165) is 31.1 Å². The number of aromatic nitrogens is 2. The molecule has 0 radical (unpaired) electrons. The van der Waals surface area contributed by atoms with Crippen LogP contribution in [0.4, 0.5) is 5.82 Å². The predicted octanol–water partition coefficient (Wildman–Crippen LogP) is 1.65. The molecule has 1 N–H and O–H groups in total. The summed E-state index contributed by atoms with van der Waals surface area (Å²) in [6.45, 7) is 6.19. The monoisotopic (exact) mass is 293 g/mol. The molecule has 6 heteroatoms. The number of nitrogens with zero attached hydrogens (tertiary/aromatic N) is 4. The molecule has 0 bridgehead atoms. The zero-order valence-corrected chi connectivity index (χ0v) is 13.3. The summed E-state index contributed by atoms with van der Waals surface area (Å²) in [6.07, 6.45) is 3.35. The van der Waals surface area contributed by atoms with Crippen molar-refractivity contribution in [1.29, 1.82) is 0 Å². The molecule has 0 spiro atoms. The molecule has 1 unspecified atom stereocenters. The van der Waals surface area contributed by atoms with E-state index >= 15 is 0 Å². The van der Waals surface area contributed by atoms with Gasteiger partial charge in [-0.1, -0.05) is 6.92 Å². The fraction of sp³-hybridized carbons (Fsp3) is 0.643. The summed E-state index contributed by atoms with van der Waals surface area (Å²) in [4.78, 5) is 10.7. The van der Waals surface area contributed by atoms with Gasteiger partial charge in [0, 0.05) is 37.3 Å². The number of hydrogen-bond acceptors (Lipinski definition) is 5. The molecule has 2 aromatic rings. The summed E-state index contributed by atoms with van der Waals surface area (Å²) in [7, 11) is 4.33. The summed E-state index contributed by atoms with van der Waals surface area (Å²) in [5.74, 6) is 1.17. The number of rotatable bonds is 5. The third-order valence-electron chi connectivity index (χ3n) is 4.08. The van der Waals surface area contributed by atoms with Gasteiger partial charge >= 0.3 is 0 Å². The first-order valence-corrected chi connectivity index (χ1v) is 8.15. The second-order valence-electron chi connectivity index (χ2n) is 5.57. The van der Waals surface area contributed by atoms with Gasteiger partial charge in [0.25, 0.3) is 0 Å². The molecular formula is C14H23N5S. The average Bonchev–Trinajstić information content (AvgIpc) is 3.11. The van der Waals surface area contributed by atoms with Crippen molar-refractivity contribution in [3.05, 3.63) is 17.3 Å². The summed E-state index contributed by atoms with van der Waals surface area (Å²) >= 11 is 1.71. The van der Waals surface area contributed by atoms with Crippen LogP contribution in [0.1, 0.15) is 19.0 Å². The lowest BCUT2D eigenvalue weighted by Gasteiger charge is -2.21. The molecule has 1 fully saturated rings. The highest BCUT2D eigenvalue weighted by Crippen LogP contribution is 2.28. The predicted molar refractivity (Wildman–Crippen MR) is 84.8 cm³/mol. The minimum absolute atomic E-state index is 0.640. The van der Waals surface area contributed by atoms with Crippen molar-refractivity contribution < 1.29 is 0 Å². The van der Waals surface area contributed by atoms with Crippen molar-refractivity contribution in [3.63, 3.8) is 0 Å². The lowest BCUT2D eigenvalue weighted by Crippen LogP contribution is -2.32. The smallest absolute Gasteiger partial charge is 0.195 e. The number of nitrogens with one attached hydrogen (secondary N) is 1. The SMILES string of the molecule is CCNCc1c(N2CCC(N(C)C)C2)nc2sccn12. The molecule has 3 heterocycles. The van der Waals surface area contributed by atoms with E-state index in [1.165, 1.54) is 17.9 Å². The molecular weight excluding hydrogens is 270 g/mol. The van der Waals surface area contributed by atoms with E-state index in [0.29, 0.717) is 6.04 Å². The van der Waals surface area contributed by atoms with Gasteiger partial charge in [-0.15, -0.1) is 11.3 Å². The summed E-state index contributed by atoms with van der Waals surface area (Å²) in [5.41, 5.74) is 1.29. The lowest BCUT2D eigenvalue weighted by atomic mass is 10.2. The first kappa shape index (κ1) is 13.9. The van der Waals surface area contributed by atoms with Gasteiger partial charge < -0.3 is 15.1 Å². The van der Waals surface area contributed by atoms with Crippen molar-refractivity contribution >= 4 is 22.1 Å². The van der Waals surface area contributed by atoms with Crippen LogP contribution < -0.4 is 10.2 Å². The molecule has 1 atom stereocenters. The fourth-order valence-corrected chi connectivity index (χ4v) is 3.57. The van der Waals surface area contributed by atoms with E-state index in [4.69, 9.17) is 4.98 Å². The molecule has 5 nitrogen and oxygen atoms in total. The Bertz CT molecular complexity index is 573. The van der Waals surface area contributed by atoms with E-state index in [9.17, 15) is 0 Å². The second-order valence-corrected chi connectivity index (χ2v) is 6.44. The van der Waals surface area contributed by atoms with E-state index in [1.807, 2.05) is 0 Å². The molecule has 110 valence electrons. The number of hydrogen-bond donors (Lipinski definition) is 1. The van der Waals surface area contributed by atoms with Gasteiger partial charge in [-0.2, -0.15) is 0 Å². The van der Waals surface area contributed by atoms with Crippen LogP contribution in [0.5, 0.6) is 0 Å². The normalized spacial score (nSPS) is 19.6. The fourth-order valence-electron chi connectivity index (χ4n) is 2.84. The van der Waals surface area contributed by atoms with Gasteiger partial charge in [0.15, 0.2) is 10.8 Å². The topological polar surface area (TPSA) is 35.8 Å². The maximum absolute atomic E-state index is 4.85. The average molecular weight is 293 g/mol.